The smallest absolute Gasteiger partial charge is 0.328 e. The Kier molecular flexibility index (Phi) is 31.5. The Labute approximate surface area is 733 Å². The van der Waals surface area contributed by atoms with Crippen molar-refractivity contribution in [3.8, 4) is 11.9 Å². The number of carboxylic acids is 3. The topological polar surface area (TPSA) is 400 Å². The first-order valence-electron chi connectivity index (χ1n) is 37.0. The Bertz CT molecular complexity index is 5860. The number of hydrogen-bond acceptors (Lipinski definition) is 17. The molecule has 9 N–H and O–H groups in total. The van der Waals surface area contributed by atoms with E-state index in [4.69, 9.17) is 86.5 Å². The van der Waals surface area contributed by atoms with Gasteiger partial charge in [-0.2, -0.15) is 5.26 Å². The highest BCUT2D eigenvalue weighted by Gasteiger charge is 2.34. The van der Waals surface area contributed by atoms with Crippen molar-refractivity contribution in [2.45, 2.75) is 99.0 Å². The first-order chi connectivity index (χ1) is 57.2. The molecule has 5 atom stereocenters. The van der Waals surface area contributed by atoms with E-state index in [-0.39, 0.29) is 125 Å². The highest BCUT2D eigenvalue weighted by atomic mass is 35.5. The van der Waals surface area contributed by atoms with Gasteiger partial charge in [-0.25, -0.2) is 40.6 Å². The van der Waals surface area contributed by atoms with Crippen molar-refractivity contribution < 1.29 is 85.1 Å². The molecule has 1 fully saturated rings. The van der Waals surface area contributed by atoms with Crippen LogP contribution in [0.1, 0.15) is 117 Å². The van der Waals surface area contributed by atoms with Gasteiger partial charge in [-0.05, 0) is 185 Å². The first-order valence-corrected chi connectivity index (χ1v) is 44.3. The number of aromatic hydroxyl groups is 1. The summed E-state index contributed by atoms with van der Waals surface area (Å²) in [7, 11) is -7.00. The fraction of sp³-hybridized carbons (Fsp3) is 0.262. The van der Waals surface area contributed by atoms with Crippen molar-refractivity contribution in [3.63, 3.8) is 0 Å². The summed E-state index contributed by atoms with van der Waals surface area (Å²) in [4.78, 5) is 111. The van der Waals surface area contributed by atoms with E-state index in [1.54, 1.807) is 59.5 Å². The molecular weight excluding hydrogens is 1770 g/mol. The summed E-state index contributed by atoms with van der Waals surface area (Å²) in [5, 5.41) is 70.2. The van der Waals surface area contributed by atoms with E-state index < -0.39 is 91.3 Å². The Morgan fingerprint density at radius 1 is 0.612 bits per heavy atom. The third-order valence-electron chi connectivity index (χ3n) is 19.8. The number of aliphatic imine (C=N–C) groups is 1. The minimum absolute atomic E-state index is 0.0198. The summed E-state index contributed by atoms with van der Waals surface area (Å²) in [5.74, 6) is -6.85. The number of hydrogen-bond donors (Lipinski definition) is 9. The number of guanidine groups is 1. The van der Waals surface area contributed by atoms with Crippen molar-refractivity contribution in [1.29, 1.82) is 5.26 Å². The molecule has 26 nitrogen and oxygen atoms in total. The second-order valence-corrected chi connectivity index (χ2v) is 36.6. The molecule has 634 valence electrons. The lowest BCUT2D eigenvalue weighted by molar-refractivity contribution is -0.140. The second-order valence-electron chi connectivity index (χ2n) is 28.7. The largest absolute Gasteiger partial charge is 0.507 e. The molecule has 3 aliphatic heterocycles. The number of carbonyl (C=O) groups excluding carboxylic acids is 5. The average Bonchev–Trinajstić information content (AvgIpc) is 1.70. The van der Waals surface area contributed by atoms with Gasteiger partial charge in [-0.3, -0.25) is 29.3 Å². The number of nitriles is 1. The van der Waals surface area contributed by atoms with Crippen molar-refractivity contribution in [1.82, 2.24) is 36.0 Å². The molecule has 0 aliphatic carbocycles. The van der Waals surface area contributed by atoms with E-state index in [1.807, 2.05) is 41.4 Å². The summed E-state index contributed by atoms with van der Waals surface area (Å²) in [6, 6.07) is 33.6. The van der Waals surface area contributed by atoms with Crippen LogP contribution in [0, 0.1) is 23.2 Å². The van der Waals surface area contributed by atoms with Gasteiger partial charge in [0, 0.05) is 86.0 Å². The number of carboxylic acid groups (broad SMARTS) is 3. The number of benzene rings is 8. The number of nitrogens with one attached hydrogen (secondary N) is 4. The predicted molar refractivity (Wildman–Crippen MR) is 460 cm³/mol. The number of rotatable bonds is 24. The van der Waals surface area contributed by atoms with E-state index in [1.165, 1.54) is 76.9 Å². The standard InChI is InChI=1S/C29H25Cl2FN2O7S.C29H28Cl2N6O4S.C26H24Cl3NO6S/c1-42(40,41)20-4-2-3-16(11-20)12-23(29(38)39)33-28(37)26-22(30)14-18-15-34(10-9-21(18)27(26)31)25(36)8-5-17-13-19(32)6-7-24(17)35;1-16-6-8-37(13-16)29(34-15-32)33-12-21(28(40)41)35-26(38)24-20(30)10-18-14-36(9-7-19(18)25(24)31)27(39)23-11-17-4-2-3-5-22(17)42-23;1-37(35,36)19-7-2-4-15(10-19)13-22(26(33)34)30-25(32)24-20(28)11-16(12-21(24)29)8-9-23(31)17-5-3-6-18(27)14-17/h2-8,11,13-14,23,35H,9-10,12,15H2,1H3,(H,33,37)(H,38,39);2-5,10-11,16,21H,6-9,12-14H2,1H3,(H,33,34)(H,35,38)(H,40,41);2-7,10-12,14,22-23,31H,8-9,13H2,1H3,(H,30,32)(H,33,34)/b8-5+;;/t23-;16-,21-;22-,23?/m000/s1. The van der Waals surface area contributed by atoms with E-state index in [0.29, 0.717) is 93.7 Å². The first kappa shape index (κ1) is 92.9. The molecule has 3 aliphatic rings. The molecule has 0 bridgehead atoms. The summed E-state index contributed by atoms with van der Waals surface area (Å²) in [6.07, 6.45) is 7.69. The Morgan fingerprint density at radius 2 is 1.13 bits per heavy atom. The van der Waals surface area contributed by atoms with Crippen molar-refractivity contribution in [2.24, 2.45) is 10.9 Å². The van der Waals surface area contributed by atoms with Gasteiger partial charge in [0.05, 0.1) is 74.1 Å². The van der Waals surface area contributed by atoms with Crippen LogP contribution in [0.15, 0.2) is 166 Å². The number of aryl methyl sites for hydroxylation is 1. The molecule has 1 aromatic heterocycles. The summed E-state index contributed by atoms with van der Waals surface area (Å²) in [6.45, 7) is 4.18. The van der Waals surface area contributed by atoms with Crippen molar-refractivity contribution in [3.05, 3.63) is 264 Å². The number of aliphatic hydroxyl groups is 1. The molecule has 1 saturated heterocycles. The van der Waals surface area contributed by atoms with Crippen LogP contribution in [-0.2, 0) is 84.0 Å². The lowest BCUT2D eigenvalue weighted by Gasteiger charge is -2.30. The van der Waals surface area contributed by atoms with E-state index >= 15 is 0 Å². The van der Waals surface area contributed by atoms with Crippen LogP contribution in [0.2, 0.25) is 35.2 Å². The Hall–Kier alpha value is -10.4. The van der Waals surface area contributed by atoms with Gasteiger partial charge >= 0.3 is 17.9 Å². The zero-order chi connectivity index (χ0) is 88.1. The number of sulfone groups is 2. The summed E-state index contributed by atoms with van der Waals surface area (Å²) >= 11 is 46.3. The van der Waals surface area contributed by atoms with Crippen LogP contribution in [0.3, 0.4) is 0 Å². The van der Waals surface area contributed by atoms with Crippen LogP contribution in [0.25, 0.3) is 16.2 Å². The molecule has 1 unspecified atom stereocenters. The summed E-state index contributed by atoms with van der Waals surface area (Å²) < 4.78 is 61.9. The van der Waals surface area contributed by atoms with Gasteiger partial charge in [-0.15, -0.1) is 11.3 Å². The van der Waals surface area contributed by atoms with Crippen LogP contribution in [0.4, 0.5) is 4.39 Å². The van der Waals surface area contributed by atoms with Crippen LogP contribution in [0.5, 0.6) is 5.75 Å². The molecule has 0 saturated carbocycles. The number of carbonyl (C=O) groups is 8. The van der Waals surface area contributed by atoms with Gasteiger partial charge in [-0.1, -0.05) is 143 Å². The fourth-order valence-electron chi connectivity index (χ4n) is 13.5. The number of halogens is 8. The molecule has 4 heterocycles. The quantitative estimate of drug-likeness (QED) is 0.00892. The normalized spacial score (nSPS) is 14.9. The maximum Gasteiger partial charge on any atom is 0.328 e. The number of amides is 5. The van der Waals surface area contributed by atoms with E-state index in [2.05, 4.69) is 33.2 Å². The number of phenolic OH excluding ortho intramolecular Hbond substituents is 1. The van der Waals surface area contributed by atoms with E-state index in [0.717, 1.165) is 46.7 Å². The number of phenols is 1. The molecular formula is C84H77Cl7FN9O17S3. The molecule has 37 heteroatoms. The molecule has 5 amide bonds. The third-order valence-corrected chi connectivity index (χ3v) is 25.4. The van der Waals surface area contributed by atoms with Gasteiger partial charge in [0.2, 0.25) is 11.9 Å². The van der Waals surface area contributed by atoms with E-state index in [9.17, 15) is 85.1 Å². The summed E-state index contributed by atoms with van der Waals surface area (Å²) in [5.41, 5.74) is 4.67. The Morgan fingerprint density at radius 3 is 1.65 bits per heavy atom. The van der Waals surface area contributed by atoms with Crippen LogP contribution in [-0.4, -0.2) is 174 Å². The number of aliphatic carboxylic acids is 3. The molecule has 0 radical (unpaired) electrons. The van der Waals surface area contributed by atoms with Gasteiger partial charge in [0.25, 0.3) is 23.6 Å². The van der Waals surface area contributed by atoms with Gasteiger partial charge in [0.15, 0.2) is 25.9 Å². The zero-order valence-corrected chi connectivity index (χ0v) is 72.2. The zero-order valence-electron chi connectivity index (χ0n) is 64.4. The third kappa shape index (κ3) is 24.3. The number of nitrogens with zero attached hydrogens (tertiary/aromatic N) is 5. The molecule has 12 rings (SSSR count). The van der Waals surface area contributed by atoms with Crippen LogP contribution < -0.4 is 21.3 Å². The lowest BCUT2D eigenvalue weighted by atomic mass is 9.96. The fourth-order valence-corrected chi connectivity index (χ4v) is 18.4. The number of thiophene rings is 1. The maximum absolute atomic E-state index is 13.5. The average molecular weight is 1850 g/mol. The predicted octanol–water partition coefficient (Wildman–Crippen LogP) is 13.8. The maximum atomic E-state index is 13.5. The number of likely N-dealkylation sites (tertiary alicyclic amines) is 1. The second kappa shape index (κ2) is 41.0. The number of aliphatic hydroxyl groups excluding tert-OH is 1. The highest BCUT2D eigenvalue weighted by molar-refractivity contribution is 7.91. The molecule has 0 spiro atoms. The molecule has 8 aromatic carbocycles. The van der Waals surface area contributed by atoms with Crippen molar-refractivity contribution >= 4 is 182 Å². The lowest BCUT2D eigenvalue weighted by Crippen LogP contribution is -2.45. The van der Waals surface area contributed by atoms with Crippen LogP contribution >= 0.6 is 92.5 Å². The van der Waals surface area contributed by atoms with Crippen molar-refractivity contribution in [2.75, 3.05) is 45.2 Å². The molecule has 9 aromatic rings. The number of fused-ring (bicyclic) bond motifs is 3. The monoisotopic (exact) mass is 1840 g/mol. The SMILES string of the molecule is CS(=O)(=O)c1cccc(C[C@H](NC(=O)c2c(Cl)cc(CCC(O)c3cccc(Cl)c3)cc2Cl)C(=O)O)c1.CS(=O)(=O)c1cccc(C[C@H](NC(=O)c2c(Cl)cc3c(c2Cl)CCN(C(=O)/C=C/c2cc(F)ccc2O)C3)C(=O)O)c1.C[C@H]1CCN(C(=NC[C@H](NC(=O)c2c(Cl)cc3c(c2Cl)CCN(C(=O)c2cc4ccccc4s2)C3)C(=O)O)NC#N)C1. The Balaban J connectivity index is 0.000000191. The van der Waals surface area contributed by atoms with Gasteiger partial charge < -0.3 is 56.2 Å². The minimum Gasteiger partial charge on any atom is -0.507 e. The van der Waals surface area contributed by atoms with Gasteiger partial charge in [0.1, 0.15) is 29.7 Å². The minimum atomic E-state index is -3.52. The molecule has 121 heavy (non-hydrogen) atoms. The highest BCUT2D eigenvalue weighted by Crippen LogP contribution is 2.39.